The summed E-state index contributed by atoms with van der Waals surface area (Å²) in [6.07, 6.45) is -2.92. The molecule has 41 heavy (non-hydrogen) atoms. The number of thiazole rings is 1. The van der Waals surface area contributed by atoms with Gasteiger partial charge in [0.2, 0.25) is 16.0 Å². The molecule has 3 unspecified atom stereocenters. The average Bonchev–Trinajstić information content (AvgIpc) is 3.42. The number of anilines is 2. The lowest BCUT2D eigenvalue weighted by Crippen LogP contribution is -2.38. The van der Waals surface area contributed by atoms with E-state index in [9.17, 15) is 26.7 Å². The van der Waals surface area contributed by atoms with E-state index in [1.807, 2.05) is 24.3 Å². The van der Waals surface area contributed by atoms with Crippen LogP contribution in [-0.4, -0.2) is 82.8 Å². The quantitative estimate of drug-likeness (QED) is 0.264. The number of rotatable bonds is 11. The maximum atomic E-state index is 13.0. The molecule has 3 aromatic rings. The van der Waals surface area contributed by atoms with Crippen molar-refractivity contribution in [2.24, 2.45) is 5.92 Å². The molecule has 2 aromatic heterocycles. The molecule has 3 N–H and O–H groups in total. The van der Waals surface area contributed by atoms with Gasteiger partial charge in [0.15, 0.2) is 5.79 Å². The Labute approximate surface area is 241 Å². The maximum absolute atomic E-state index is 13.0. The molecule has 1 aliphatic carbocycles. The highest BCUT2D eigenvalue weighted by molar-refractivity contribution is 7.88. The number of alkyl halides is 3. The summed E-state index contributed by atoms with van der Waals surface area (Å²) in [6.45, 7) is 5.73. The van der Waals surface area contributed by atoms with Gasteiger partial charge < -0.3 is 20.5 Å². The standard InChI is InChI=1S/C26H35F3N6O4S2/c1-6-35(41(5,37)38)13-16-11-18(19(12-16)39-25(3,4)36)32-22-21(23-33-17-9-7-8-10-20(17)40-23)15(2)31-24(34-22)30-14-26(27,28)29/h7-10,16,18-19,36H,6,11-14H2,1-5H3,(H2,30,31,32,34). The number of nitrogens with one attached hydrogen (secondary N) is 2. The van der Waals surface area contributed by atoms with Crippen LogP contribution in [0.5, 0.6) is 0 Å². The highest BCUT2D eigenvalue weighted by Crippen LogP contribution is 2.39. The summed E-state index contributed by atoms with van der Waals surface area (Å²) < 4.78 is 71.7. The maximum Gasteiger partial charge on any atom is 0.405 e. The topological polar surface area (TPSA) is 130 Å². The first kappa shape index (κ1) is 31.3. The molecule has 0 radical (unpaired) electrons. The van der Waals surface area contributed by atoms with Gasteiger partial charge in [0, 0.05) is 13.1 Å². The van der Waals surface area contributed by atoms with Crippen molar-refractivity contribution in [3.63, 3.8) is 0 Å². The Morgan fingerprint density at radius 3 is 2.49 bits per heavy atom. The summed E-state index contributed by atoms with van der Waals surface area (Å²) >= 11 is 1.41. The van der Waals surface area contributed by atoms with Crippen LogP contribution in [0.15, 0.2) is 24.3 Å². The molecule has 15 heteroatoms. The predicted octanol–water partition coefficient (Wildman–Crippen LogP) is 4.62. The second-order valence-electron chi connectivity index (χ2n) is 10.7. The molecule has 3 atom stereocenters. The summed E-state index contributed by atoms with van der Waals surface area (Å²) in [6, 6.07) is 7.11. The monoisotopic (exact) mass is 616 g/mol. The molecule has 0 bridgehead atoms. The molecule has 2 heterocycles. The first-order chi connectivity index (χ1) is 19.0. The SMILES string of the molecule is CCN(CC1CC(Nc2nc(NCC(F)(F)F)nc(C)c2-c2nc3ccccc3s2)C(OC(C)(C)O)C1)S(C)(=O)=O. The number of nitrogens with zero attached hydrogens (tertiary/aromatic N) is 4. The number of sulfonamides is 1. The van der Waals surface area contributed by atoms with Crippen LogP contribution in [0.3, 0.4) is 0 Å². The van der Waals surface area contributed by atoms with Gasteiger partial charge in [0.1, 0.15) is 17.4 Å². The fourth-order valence-corrected chi connectivity index (χ4v) is 7.05. The number of hydrogen-bond donors (Lipinski definition) is 3. The molecule has 1 saturated carbocycles. The van der Waals surface area contributed by atoms with Crippen LogP contribution >= 0.6 is 11.3 Å². The van der Waals surface area contributed by atoms with Gasteiger partial charge in [-0.3, -0.25) is 0 Å². The second kappa shape index (κ2) is 12.0. The smallest absolute Gasteiger partial charge is 0.366 e. The third kappa shape index (κ3) is 8.25. The highest BCUT2D eigenvalue weighted by Gasteiger charge is 2.40. The number of benzene rings is 1. The summed E-state index contributed by atoms with van der Waals surface area (Å²) in [5.41, 5.74) is 1.73. The van der Waals surface area contributed by atoms with Crippen molar-refractivity contribution >= 4 is 43.3 Å². The molecule has 226 valence electrons. The predicted molar refractivity (Wildman–Crippen MR) is 153 cm³/mol. The Kier molecular flexibility index (Phi) is 9.14. The van der Waals surface area contributed by atoms with E-state index in [1.54, 1.807) is 13.8 Å². The van der Waals surface area contributed by atoms with Crippen LogP contribution in [0.1, 0.15) is 39.3 Å². The molecule has 1 aliphatic rings. The fraction of sp³-hybridized carbons (Fsp3) is 0.577. The van der Waals surface area contributed by atoms with Crippen LogP contribution in [0.2, 0.25) is 0 Å². The normalized spacial score (nSPS) is 20.2. The number of ether oxygens (including phenoxy) is 1. The van der Waals surface area contributed by atoms with E-state index < -0.39 is 40.7 Å². The van der Waals surface area contributed by atoms with Crippen molar-refractivity contribution in [2.45, 2.75) is 64.6 Å². The van der Waals surface area contributed by atoms with Gasteiger partial charge in [-0.25, -0.2) is 22.7 Å². The lowest BCUT2D eigenvalue weighted by molar-refractivity contribution is -0.205. The zero-order chi connectivity index (χ0) is 30.2. The van der Waals surface area contributed by atoms with Gasteiger partial charge in [-0.2, -0.15) is 18.2 Å². The van der Waals surface area contributed by atoms with Crippen molar-refractivity contribution in [1.29, 1.82) is 0 Å². The third-order valence-corrected chi connectivity index (χ3v) is 9.09. The van der Waals surface area contributed by atoms with Crippen molar-refractivity contribution in [3.8, 4) is 10.6 Å². The Morgan fingerprint density at radius 2 is 1.88 bits per heavy atom. The summed E-state index contributed by atoms with van der Waals surface area (Å²) in [5, 5.41) is 16.7. The van der Waals surface area contributed by atoms with Crippen LogP contribution in [0.4, 0.5) is 24.9 Å². The Balaban J connectivity index is 1.72. The minimum Gasteiger partial charge on any atom is -0.366 e. The van der Waals surface area contributed by atoms with Crippen molar-refractivity contribution in [2.75, 3.05) is 36.5 Å². The highest BCUT2D eigenvalue weighted by atomic mass is 32.2. The first-order valence-electron chi connectivity index (χ1n) is 13.2. The van der Waals surface area contributed by atoms with E-state index in [0.29, 0.717) is 35.7 Å². The zero-order valence-corrected chi connectivity index (χ0v) is 25.1. The molecule has 0 spiro atoms. The van der Waals surface area contributed by atoms with Gasteiger partial charge in [-0.1, -0.05) is 19.1 Å². The molecule has 4 rings (SSSR count). The molecule has 0 aliphatic heterocycles. The number of fused-ring (bicyclic) bond motifs is 1. The third-order valence-electron chi connectivity index (χ3n) is 6.69. The molecular weight excluding hydrogens is 581 g/mol. The first-order valence-corrected chi connectivity index (χ1v) is 15.9. The molecule has 0 saturated heterocycles. The Hall–Kier alpha value is -2.59. The minimum atomic E-state index is -4.47. The zero-order valence-electron chi connectivity index (χ0n) is 23.5. The van der Waals surface area contributed by atoms with Crippen LogP contribution in [0.25, 0.3) is 20.8 Å². The fourth-order valence-electron chi connectivity index (χ4n) is 5.04. The van der Waals surface area contributed by atoms with Gasteiger partial charge in [0.25, 0.3) is 0 Å². The van der Waals surface area contributed by atoms with E-state index in [1.165, 1.54) is 29.5 Å². The van der Waals surface area contributed by atoms with E-state index in [2.05, 4.69) is 20.6 Å². The molecular formula is C26H35F3N6O4S2. The molecule has 1 fully saturated rings. The van der Waals surface area contributed by atoms with E-state index in [4.69, 9.17) is 9.72 Å². The van der Waals surface area contributed by atoms with Crippen LogP contribution in [-0.2, 0) is 14.8 Å². The van der Waals surface area contributed by atoms with Crippen LogP contribution in [0, 0.1) is 12.8 Å². The number of halogens is 3. The second-order valence-corrected chi connectivity index (χ2v) is 13.7. The number of aryl methyl sites for hydroxylation is 1. The molecule has 0 amide bonds. The lowest BCUT2D eigenvalue weighted by atomic mass is 10.1. The number of aromatic nitrogens is 3. The van der Waals surface area contributed by atoms with E-state index >= 15 is 0 Å². The summed E-state index contributed by atoms with van der Waals surface area (Å²) in [7, 11) is -3.42. The van der Waals surface area contributed by atoms with Crippen molar-refractivity contribution in [3.05, 3.63) is 30.0 Å². The Morgan fingerprint density at radius 1 is 1.17 bits per heavy atom. The largest absolute Gasteiger partial charge is 0.405 e. The lowest BCUT2D eigenvalue weighted by Gasteiger charge is -2.29. The van der Waals surface area contributed by atoms with Crippen molar-refractivity contribution < 1.29 is 31.4 Å². The Bertz CT molecular complexity index is 1440. The minimum absolute atomic E-state index is 0.105. The average molecular weight is 617 g/mol. The summed E-state index contributed by atoms with van der Waals surface area (Å²) in [4.78, 5) is 13.4. The van der Waals surface area contributed by atoms with Gasteiger partial charge >= 0.3 is 6.18 Å². The van der Waals surface area contributed by atoms with Crippen LogP contribution < -0.4 is 10.6 Å². The molecule has 10 nitrogen and oxygen atoms in total. The number of aliphatic hydroxyl groups is 1. The van der Waals surface area contributed by atoms with Gasteiger partial charge in [0.05, 0.1) is 39.9 Å². The van der Waals surface area contributed by atoms with Gasteiger partial charge in [-0.05, 0) is 51.7 Å². The van der Waals surface area contributed by atoms with Gasteiger partial charge in [-0.15, -0.1) is 11.3 Å². The van der Waals surface area contributed by atoms with E-state index in [-0.39, 0.29) is 24.2 Å². The number of para-hydroxylation sites is 1. The van der Waals surface area contributed by atoms with Crippen molar-refractivity contribution in [1.82, 2.24) is 19.3 Å². The molecule has 1 aromatic carbocycles. The summed E-state index contributed by atoms with van der Waals surface area (Å²) in [5.74, 6) is -1.51. The van der Waals surface area contributed by atoms with E-state index in [0.717, 1.165) is 16.5 Å². The number of hydrogen-bond acceptors (Lipinski definition) is 10.